The molecule has 0 aromatic heterocycles. The van der Waals surface area contributed by atoms with E-state index < -0.39 is 109 Å². The van der Waals surface area contributed by atoms with Gasteiger partial charge in [0.25, 0.3) is 0 Å². The summed E-state index contributed by atoms with van der Waals surface area (Å²) in [4.78, 5) is 111. The number of aliphatic hydroxyl groups is 2. The number of amides is 7. The molecule has 0 aliphatic carbocycles. The average Bonchev–Trinajstić information content (AvgIpc) is 3.79. The van der Waals surface area contributed by atoms with Gasteiger partial charge < -0.3 is 69.3 Å². The fourth-order valence-corrected chi connectivity index (χ4v) is 7.10. The highest BCUT2D eigenvalue weighted by atomic mass is 16.4. The first-order valence-corrected chi connectivity index (χ1v) is 21.9. The van der Waals surface area contributed by atoms with Gasteiger partial charge in [-0.25, -0.2) is 4.79 Å². The van der Waals surface area contributed by atoms with E-state index in [4.69, 9.17) is 17.2 Å². The zero-order valence-electron chi connectivity index (χ0n) is 37.5. The number of carbonyl (C=O) groups is 8. The number of hydrogen-bond acceptors (Lipinski definition) is 12. The molecule has 1 saturated heterocycles. The topological polar surface area (TPSA) is 363 Å². The Labute approximate surface area is 383 Å². The predicted octanol–water partition coefficient (Wildman–Crippen LogP) is -3.11. The molecule has 22 heteroatoms. The second-order valence-electron chi connectivity index (χ2n) is 16.2. The lowest BCUT2D eigenvalue weighted by molar-refractivity contribution is -0.144. The minimum absolute atomic E-state index is 0.0299. The molecule has 66 heavy (non-hydrogen) atoms. The number of rotatable bonds is 26. The fraction of sp³-hybridized carbons (Fsp3) is 0.523. The number of carboxylic acid groups (broad SMARTS) is 1. The molecule has 22 nitrogen and oxygen atoms in total. The number of benzene rings is 2. The number of likely N-dealkylation sites (tertiary alicyclic amines) is 1. The van der Waals surface area contributed by atoms with E-state index in [0.29, 0.717) is 30.4 Å². The second-order valence-corrected chi connectivity index (χ2v) is 16.2. The lowest BCUT2D eigenvalue weighted by Crippen LogP contribution is -2.61. The molecule has 1 heterocycles. The van der Waals surface area contributed by atoms with Crippen LogP contribution in [0, 0.1) is 5.92 Å². The van der Waals surface area contributed by atoms with Gasteiger partial charge in [-0.3, -0.25) is 38.6 Å². The number of hydrogen-bond donors (Lipinski definition) is 12. The lowest BCUT2D eigenvalue weighted by Gasteiger charge is -2.33. The van der Waals surface area contributed by atoms with Crippen molar-refractivity contribution in [2.24, 2.45) is 28.1 Å². The molecular weight excluding hydrogens is 859 g/mol. The predicted molar refractivity (Wildman–Crippen MR) is 241 cm³/mol. The summed E-state index contributed by atoms with van der Waals surface area (Å²) in [6.07, 6.45) is 0.150. The van der Waals surface area contributed by atoms with E-state index in [0.717, 1.165) is 0 Å². The van der Waals surface area contributed by atoms with Crippen molar-refractivity contribution in [3.8, 4) is 0 Å². The Morgan fingerprint density at radius 2 is 1.36 bits per heavy atom. The van der Waals surface area contributed by atoms with E-state index >= 15 is 0 Å². The molecule has 1 aliphatic rings. The number of guanidine groups is 1. The Hall–Kier alpha value is -6.65. The summed E-state index contributed by atoms with van der Waals surface area (Å²) in [5.41, 5.74) is 18.1. The van der Waals surface area contributed by atoms with Crippen LogP contribution in [0.15, 0.2) is 65.7 Å². The summed E-state index contributed by atoms with van der Waals surface area (Å²) in [6.45, 7) is 3.52. The molecule has 0 radical (unpaired) electrons. The zero-order chi connectivity index (χ0) is 48.9. The summed E-state index contributed by atoms with van der Waals surface area (Å²) in [5, 5.41) is 45.2. The lowest BCUT2D eigenvalue weighted by atomic mass is 9.96. The Kier molecular flexibility index (Phi) is 21.9. The third-order valence-electron chi connectivity index (χ3n) is 11.1. The van der Waals surface area contributed by atoms with Crippen molar-refractivity contribution in [1.29, 1.82) is 0 Å². The van der Waals surface area contributed by atoms with E-state index in [-0.39, 0.29) is 50.7 Å². The van der Waals surface area contributed by atoms with Gasteiger partial charge in [0, 0.05) is 25.9 Å². The average molecular weight is 924 g/mol. The molecule has 1 aliphatic heterocycles. The van der Waals surface area contributed by atoms with Crippen molar-refractivity contribution in [2.45, 2.75) is 114 Å². The largest absolute Gasteiger partial charge is 0.480 e. The molecule has 0 bridgehead atoms. The van der Waals surface area contributed by atoms with Gasteiger partial charge >= 0.3 is 5.97 Å². The number of nitrogens with zero attached hydrogens (tertiary/aromatic N) is 2. The first-order chi connectivity index (χ1) is 31.4. The maximum absolute atomic E-state index is 14.0. The first kappa shape index (κ1) is 53.7. The maximum atomic E-state index is 14.0. The summed E-state index contributed by atoms with van der Waals surface area (Å²) in [5.74, 6) is -7.43. The number of aliphatic carboxylic acids is 1. The van der Waals surface area contributed by atoms with Crippen molar-refractivity contribution in [1.82, 2.24) is 36.8 Å². The van der Waals surface area contributed by atoms with Crippen LogP contribution in [0.5, 0.6) is 0 Å². The molecule has 0 spiro atoms. The van der Waals surface area contributed by atoms with Gasteiger partial charge in [-0.05, 0) is 49.7 Å². The first-order valence-electron chi connectivity index (χ1n) is 21.9. The van der Waals surface area contributed by atoms with E-state index in [1.54, 1.807) is 67.6 Å². The van der Waals surface area contributed by atoms with Crippen LogP contribution < -0.4 is 49.1 Å². The number of aliphatic hydroxyl groups excluding tert-OH is 2. The highest BCUT2D eigenvalue weighted by Gasteiger charge is 2.41. The van der Waals surface area contributed by atoms with Gasteiger partial charge in [0.1, 0.15) is 36.3 Å². The highest BCUT2D eigenvalue weighted by Crippen LogP contribution is 2.22. The summed E-state index contributed by atoms with van der Waals surface area (Å²) >= 11 is 0. The molecule has 9 atom stereocenters. The van der Waals surface area contributed by atoms with Crippen LogP contribution in [-0.2, 0) is 51.2 Å². The molecule has 0 saturated carbocycles. The van der Waals surface area contributed by atoms with Crippen LogP contribution in [0.2, 0.25) is 0 Å². The van der Waals surface area contributed by atoms with Crippen molar-refractivity contribution in [3.63, 3.8) is 0 Å². The Bertz CT molecular complexity index is 1990. The smallest absolute Gasteiger partial charge is 0.326 e. The number of carbonyl (C=O) groups excluding carboxylic acids is 7. The van der Waals surface area contributed by atoms with Crippen LogP contribution in [0.25, 0.3) is 0 Å². The van der Waals surface area contributed by atoms with Crippen molar-refractivity contribution < 1.29 is 53.7 Å². The van der Waals surface area contributed by atoms with Gasteiger partial charge in [-0.1, -0.05) is 80.9 Å². The van der Waals surface area contributed by atoms with Crippen molar-refractivity contribution >= 4 is 53.3 Å². The van der Waals surface area contributed by atoms with E-state index in [9.17, 15) is 53.7 Å². The summed E-state index contributed by atoms with van der Waals surface area (Å²) < 4.78 is 0. The Balaban J connectivity index is 1.64. The van der Waals surface area contributed by atoms with Crippen molar-refractivity contribution in [3.05, 3.63) is 71.8 Å². The molecule has 362 valence electrons. The Morgan fingerprint density at radius 1 is 0.773 bits per heavy atom. The summed E-state index contributed by atoms with van der Waals surface area (Å²) in [6, 6.07) is 8.19. The number of nitrogens with one attached hydrogen (secondary N) is 6. The normalized spacial score (nSPS) is 16.9. The molecule has 2 aromatic carbocycles. The van der Waals surface area contributed by atoms with Gasteiger partial charge in [0.05, 0.1) is 25.3 Å². The van der Waals surface area contributed by atoms with Gasteiger partial charge in [0.15, 0.2) is 5.96 Å². The van der Waals surface area contributed by atoms with Crippen LogP contribution in [-0.4, -0.2) is 148 Å². The molecule has 15 N–H and O–H groups in total. The highest BCUT2D eigenvalue weighted by molar-refractivity contribution is 5.97. The number of carboxylic acids is 1. The van der Waals surface area contributed by atoms with Crippen LogP contribution in [0.4, 0.5) is 0 Å². The molecular formula is C44H65N11O11. The van der Waals surface area contributed by atoms with Crippen molar-refractivity contribution in [2.75, 3.05) is 26.2 Å². The fourth-order valence-electron chi connectivity index (χ4n) is 7.10. The van der Waals surface area contributed by atoms with Gasteiger partial charge in [-0.2, -0.15) is 0 Å². The van der Waals surface area contributed by atoms with E-state index in [1.165, 1.54) is 11.8 Å². The summed E-state index contributed by atoms with van der Waals surface area (Å²) in [7, 11) is 0. The molecule has 2 aromatic rings. The molecule has 7 amide bonds. The van der Waals surface area contributed by atoms with Crippen LogP contribution in [0.3, 0.4) is 0 Å². The monoisotopic (exact) mass is 923 g/mol. The maximum Gasteiger partial charge on any atom is 0.326 e. The minimum Gasteiger partial charge on any atom is -0.480 e. The van der Waals surface area contributed by atoms with E-state index in [2.05, 4.69) is 36.9 Å². The van der Waals surface area contributed by atoms with Gasteiger partial charge in [0.2, 0.25) is 41.4 Å². The second kappa shape index (κ2) is 27.0. The third-order valence-corrected chi connectivity index (χ3v) is 11.1. The quantitative estimate of drug-likeness (QED) is 0.0253. The number of aliphatic imine (C=N–C) groups is 1. The number of nitrogens with two attached hydrogens (primary N) is 3. The SMILES string of the molecule is CC[C@H](C)[C@H](NC(=O)[C@@H](N)CCCN=C(N)N)C(=O)N1CCC[C@H]1C(=O)N[C@H](C(=O)N[C@@H](CO)C(=O)NCC(=O)N[C@@H](Cc1ccccc1)C(=O)N[C@@H](Cc1ccccc1)C(=O)O)[C@@H](C)O. The van der Waals surface area contributed by atoms with Gasteiger partial charge in [-0.15, -0.1) is 0 Å². The third kappa shape index (κ3) is 17.0. The zero-order valence-corrected chi connectivity index (χ0v) is 37.5. The van der Waals surface area contributed by atoms with Crippen LogP contribution in [0.1, 0.15) is 64.0 Å². The Morgan fingerprint density at radius 3 is 1.91 bits per heavy atom. The molecule has 3 rings (SSSR count). The minimum atomic E-state index is -1.68. The van der Waals surface area contributed by atoms with Crippen LogP contribution >= 0.6 is 0 Å². The standard InChI is InChI=1S/C44H65N11O11/c1-4-25(2)35(53-37(59)29(45)17-11-19-48-44(46)47)42(64)55-20-12-18-33(55)40(62)54-36(26(3)57)41(63)52-32(24-56)38(60)49-23-34(58)50-30(21-27-13-7-5-8-14-27)39(61)51-31(43(65)66)22-28-15-9-6-10-16-28/h5-10,13-16,25-26,29-33,35-36,56-57H,4,11-12,17-24,45H2,1-3H3,(H,49,60)(H,50,58)(H,51,61)(H,52,63)(H,53,59)(H,54,62)(H,65,66)(H4,46,47,48)/t25-,26+,29-,30-,31-,32-,33-,35-,36-/m0/s1. The van der Waals surface area contributed by atoms with E-state index in [1.807, 2.05) is 6.92 Å². The molecule has 1 fully saturated rings. The molecule has 0 unspecified atom stereocenters.